The summed E-state index contributed by atoms with van der Waals surface area (Å²) in [5, 5.41) is 6.97. The first kappa shape index (κ1) is 24.9. The summed E-state index contributed by atoms with van der Waals surface area (Å²) >= 11 is 0. The smallest absolute Gasteiger partial charge is 0.307 e. The molecular weight excluding hydrogens is 490 g/mol. The van der Waals surface area contributed by atoms with Crippen LogP contribution in [0, 0.1) is 0 Å². The van der Waals surface area contributed by atoms with E-state index in [1.165, 1.54) is 26.3 Å². The Bertz CT molecular complexity index is 1210. The SMILES string of the molecule is Cn1cc(N(C2CCN(CC(F)F)CC2)S(=O)(=O)NC(=O)Nc2c3c(cc4c2CCC4)CCC3)cn1. The average Bonchev–Trinajstić information content (AvgIpc) is 3.55. The molecule has 2 N–H and O–H groups in total. The molecule has 2 aliphatic carbocycles. The Kier molecular flexibility index (Phi) is 6.90. The van der Waals surface area contributed by atoms with E-state index in [0.29, 0.717) is 31.6 Å². The van der Waals surface area contributed by atoms with E-state index in [9.17, 15) is 22.0 Å². The zero-order valence-corrected chi connectivity index (χ0v) is 21.2. The predicted octanol–water partition coefficient (Wildman–Crippen LogP) is 3.00. The van der Waals surface area contributed by atoms with Crippen LogP contribution >= 0.6 is 0 Å². The van der Waals surface area contributed by atoms with E-state index in [1.54, 1.807) is 18.1 Å². The first-order valence-electron chi connectivity index (χ1n) is 12.5. The number of aryl methyl sites for hydroxylation is 3. The van der Waals surface area contributed by atoms with E-state index in [1.807, 2.05) is 0 Å². The molecule has 196 valence electrons. The van der Waals surface area contributed by atoms with Gasteiger partial charge in [-0.1, -0.05) is 6.07 Å². The summed E-state index contributed by atoms with van der Waals surface area (Å²) in [5.74, 6) is 0. The lowest BCUT2D eigenvalue weighted by Crippen LogP contribution is -2.53. The van der Waals surface area contributed by atoms with Gasteiger partial charge in [-0.3, -0.25) is 9.58 Å². The molecule has 12 heteroatoms. The molecule has 1 aromatic heterocycles. The fraction of sp³-hybridized carbons (Fsp3) is 0.583. The number of nitrogens with zero attached hydrogens (tertiary/aromatic N) is 4. The second-order valence-electron chi connectivity index (χ2n) is 9.89. The number of anilines is 2. The van der Waals surface area contributed by atoms with Gasteiger partial charge in [0.05, 0.1) is 18.4 Å². The van der Waals surface area contributed by atoms with Crippen molar-refractivity contribution in [3.05, 3.63) is 40.7 Å². The lowest BCUT2D eigenvalue weighted by atomic mass is 9.99. The summed E-state index contributed by atoms with van der Waals surface area (Å²) in [6, 6.07) is 0.960. The Labute approximate surface area is 210 Å². The van der Waals surface area contributed by atoms with Gasteiger partial charge in [-0.25, -0.2) is 22.6 Å². The lowest BCUT2D eigenvalue weighted by Gasteiger charge is -2.38. The largest absolute Gasteiger partial charge is 0.334 e. The minimum absolute atomic E-state index is 0.326. The summed E-state index contributed by atoms with van der Waals surface area (Å²) in [5.41, 5.74) is 5.78. The second-order valence-corrected chi connectivity index (χ2v) is 11.4. The van der Waals surface area contributed by atoms with Crippen LogP contribution < -0.4 is 14.3 Å². The third kappa shape index (κ3) is 5.06. The molecule has 0 spiro atoms. The van der Waals surface area contributed by atoms with Crippen molar-refractivity contribution in [1.82, 2.24) is 19.4 Å². The van der Waals surface area contributed by atoms with Gasteiger partial charge in [-0.15, -0.1) is 0 Å². The van der Waals surface area contributed by atoms with Crippen LogP contribution in [0.15, 0.2) is 18.5 Å². The maximum atomic E-state index is 13.6. The van der Waals surface area contributed by atoms with Crippen molar-refractivity contribution in [2.45, 2.75) is 63.8 Å². The number of carbonyl (C=O) groups excluding carboxylic acids is 1. The maximum Gasteiger partial charge on any atom is 0.334 e. The molecule has 2 heterocycles. The van der Waals surface area contributed by atoms with Crippen molar-refractivity contribution in [2.75, 3.05) is 29.3 Å². The molecule has 1 fully saturated rings. The quantitative estimate of drug-likeness (QED) is 0.583. The minimum atomic E-state index is -4.30. The fourth-order valence-electron chi connectivity index (χ4n) is 5.87. The van der Waals surface area contributed by atoms with E-state index >= 15 is 0 Å². The van der Waals surface area contributed by atoms with Crippen molar-refractivity contribution in [3.63, 3.8) is 0 Å². The molecule has 9 nitrogen and oxygen atoms in total. The Hall–Kier alpha value is -2.73. The van der Waals surface area contributed by atoms with Crippen LogP contribution in [-0.2, 0) is 42.9 Å². The van der Waals surface area contributed by atoms with Gasteiger partial charge in [0, 0.05) is 38.1 Å². The van der Waals surface area contributed by atoms with Gasteiger partial charge >= 0.3 is 16.2 Å². The standard InChI is InChI=1S/C24H32F2N6O3S/c1-30-14-19(13-27-30)32(18-8-10-31(11-9-18)15-22(25)26)36(34,35)29-24(33)28-23-20-6-2-4-16(20)12-17-5-3-7-21(17)23/h12-14,18,22H,2-11,15H2,1H3,(H2,28,29,33). The number of alkyl halides is 2. The van der Waals surface area contributed by atoms with Gasteiger partial charge in [0.15, 0.2) is 0 Å². The molecular formula is C24H32F2N6O3S. The van der Waals surface area contributed by atoms with Gasteiger partial charge in [0.1, 0.15) is 0 Å². The van der Waals surface area contributed by atoms with E-state index in [0.717, 1.165) is 55.3 Å². The van der Waals surface area contributed by atoms with Gasteiger partial charge in [0.2, 0.25) is 0 Å². The topological polar surface area (TPSA) is 99.6 Å². The van der Waals surface area contributed by atoms with Crippen LogP contribution in [0.4, 0.5) is 25.0 Å². The highest BCUT2D eigenvalue weighted by Gasteiger charge is 2.36. The Morgan fingerprint density at radius 2 is 1.78 bits per heavy atom. The molecule has 3 aliphatic rings. The van der Waals surface area contributed by atoms with Crippen LogP contribution in [-0.4, -0.2) is 61.2 Å². The van der Waals surface area contributed by atoms with Gasteiger partial charge in [-0.2, -0.15) is 13.5 Å². The number of nitrogens with one attached hydrogen (secondary N) is 2. The Morgan fingerprint density at radius 3 is 2.33 bits per heavy atom. The summed E-state index contributed by atoms with van der Waals surface area (Å²) in [6.07, 6.45) is 7.00. The van der Waals surface area contributed by atoms with Crippen molar-refractivity contribution in [1.29, 1.82) is 0 Å². The van der Waals surface area contributed by atoms with Gasteiger partial charge in [0.25, 0.3) is 6.43 Å². The van der Waals surface area contributed by atoms with Crippen molar-refractivity contribution < 1.29 is 22.0 Å². The number of hydrogen-bond acceptors (Lipinski definition) is 5. The van der Waals surface area contributed by atoms with Crippen molar-refractivity contribution in [2.24, 2.45) is 7.05 Å². The summed E-state index contributed by atoms with van der Waals surface area (Å²) in [7, 11) is -2.62. The minimum Gasteiger partial charge on any atom is -0.307 e. The monoisotopic (exact) mass is 522 g/mol. The molecule has 2 aromatic rings. The number of likely N-dealkylation sites (tertiary alicyclic amines) is 1. The number of urea groups is 1. The zero-order valence-electron chi connectivity index (χ0n) is 20.3. The number of fused-ring (bicyclic) bond motifs is 2. The van der Waals surface area contributed by atoms with Crippen LogP contribution in [0.25, 0.3) is 0 Å². The van der Waals surface area contributed by atoms with Gasteiger partial charge in [-0.05, 0) is 73.6 Å². The van der Waals surface area contributed by atoms with Crippen LogP contribution in [0.3, 0.4) is 0 Å². The second kappa shape index (κ2) is 9.97. The maximum absolute atomic E-state index is 13.6. The summed E-state index contributed by atoms with van der Waals surface area (Å²) < 4.78 is 57.6. The molecule has 5 rings (SSSR count). The predicted molar refractivity (Wildman–Crippen MR) is 133 cm³/mol. The number of aromatic nitrogens is 2. The number of piperidine rings is 1. The van der Waals surface area contributed by atoms with E-state index in [-0.39, 0.29) is 6.54 Å². The average molecular weight is 523 g/mol. The molecule has 1 aromatic carbocycles. The highest BCUT2D eigenvalue weighted by molar-refractivity contribution is 7.91. The number of carbonyl (C=O) groups is 1. The van der Waals surface area contributed by atoms with Crippen LogP contribution in [0.5, 0.6) is 0 Å². The van der Waals surface area contributed by atoms with Crippen LogP contribution in [0.2, 0.25) is 0 Å². The highest BCUT2D eigenvalue weighted by atomic mass is 32.2. The molecule has 0 saturated carbocycles. The Morgan fingerprint density at radius 1 is 1.14 bits per heavy atom. The number of amides is 2. The summed E-state index contributed by atoms with van der Waals surface area (Å²) in [6.45, 7) is 0.351. The van der Waals surface area contributed by atoms with Crippen molar-refractivity contribution in [3.8, 4) is 0 Å². The van der Waals surface area contributed by atoms with E-state index in [2.05, 4.69) is 21.2 Å². The molecule has 1 saturated heterocycles. The molecule has 36 heavy (non-hydrogen) atoms. The molecule has 2 amide bonds. The molecule has 1 aliphatic heterocycles. The third-order valence-electron chi connectivity index (χ3n) is 7.42. The lowest BCUT2D eigenvalue weighted by molar-refractivity contribution is 0.0760. The molecule has 0 radical (unpaired) electrons. The number of benzene rings is 1. The molecule has 0 bridgehead atoms. The fourth-order valence-corrected chi connectivity index (χ4v) is 7.23. The molecule has 0 atom stereocenters. The van der Waals surface area contributed by atoms with Crippen LogP contribution in [0.1, 0.15) is 47.9 Å². The Balaban J connectivity index is 1.36. The van der Waals surface area contributed by atoms with E-state index < -0.39 is 28.7 Å². The number of rotatable bonds is 7. The highest BCUT2D eigenvalue weighted by Crippen LogP contribution is 2.38. The summed E-state index contributed by atoms with van der Waals surface area (Å²) in [4.78, 5) is 14.7. The number of halogens is 2. The number of hydrogen-bond donors (Lipinski definition) is 2. The normalized spacial score (nSPS) is 18.3. The first-order chi connectivity index (χ1) is 17.2. The first-order valence-corrected chi connectivity index (χ1v) is 13.9. The zero-order chi connectivity index (χ0) is 25.4. The third-order valence-corrected chi connectivity index (χ3v) is 8.89. The molecule has 0 unspecified atom stereocenters. The van der Waals surface area contributed by atoms with Gasteiger partial charge < -0.3 is 5.32 Å². The van der Waals surface area contributed by atoms with E-state index in [4.69, 9.17) is 0 Å². The van der Waals surface area contributed by atoms with Crippen molar-refractivity contribution >= 4 is 27.6 Å².